The second-order valence-corrected chi connectivity index (χ2v) is 5.62. The van der Waals surface area contributed by atoms with E-state index in [1.807, 2.05) is 0 Å². The zero-order valence-corrected chi connectivity index (χ0v) is 13.1. The van der Waals surface area contributed by atoms with Gasteiger partial charge in [-0.2, -0.15) is 0 Å². The average molecular weight is 404 g/mol. The first-order valence-corrected chi connectivity index (χ1v) is 7.12. The van der Waals surface area contributed by atoms with Crippen molar-refractivity contribution in [1.82, 2.24) is 0 Å². The monoisotopic (exact) mass is 404 g/mol. The highest BCUT2D eigenvalue weighted by Gasteiger charge is 2.19. The Morgan fingerprint density at radius 1 is 1.24 bits per heavy atom. The Morgan fingerprint density at radius 3 is 2.43 bits per heavy atom. The van der Waals surface area contributed by atoms with Crippen molar-refractivity contribution in [3.63, 3.8) is 0 Å². The van der Waals surface area contributed by atoms with Gasteiger partial charge in [0.15, 0.2) is 0 Å². The summed E-state index contributed by atoms with van der Waals surface area (Å²) in [6.45, 7) is 1.76. The van der Waals surface area contributed by atoms with Gasteiger partial charge in [0.05, 0.1) is 8.49 Å². The molecule has 0 saturated carbocycles. The van der Waals surface area contributed by atoms with E-state index < -0.39 is 10.7 Å². The lowest BCUT2D eigenvalue weighted by Gasteiger charge is -2.16. The van der Waals surface area contributed by atoms with Gasteiger partial charge in [-0.3, -0.25) is 10.1 Å². The fourth-order valence-corrected chi connectivity index (χ4v) is 2.32. The highest BCUT2D eigenvalue weighted by Crippen LogP contribution is 2.31. The number of benzene rings is 2. The van der Waals surface area contributed by atoms with Crippen LogP contribution < -0.4 is 5.32 Å². The summed E-state index contributed by atoms with van der Waals surface area (Å²) in [6.07, 6.45) is 0. The number of hydrogen-bond acceptors (Lipinski definition) is 3. The number of halogens is 3. The van der Waals surface area contributed by atoms with E-state index in [9.17, 15) is 18.9 Å². The topological polar surface area (TPSA) is 55.2 Å². The fraction of sp³-hybridized carbons (Fsp3) is 0.143. The van der Waals surface area contributed by atoms with Crippen molar-refractivity contribution in [3.8, 4) is 0 Å². The molecule has 4 nitrogen and oxygen atoms in total. The number of anilines is 1. The summed E-state index contributed by atoms with van der Waals surface area (Å²) < 4.78 is 26.7. The molecule has 0 aliphatic carbocycles. The molecule has 0 spiro atoms. The second-order valence-electron chi connectivity index (χ2n) is 4.46. The van der Waals surface area contributed by atoms with E-state index in [2.05, 4.69) is 5.32 Å². The second kappa shape index (κ2) is 6.33. The van der Waals surface area contributed by atoms with Crippen molar-refractivity contribution in [2.75, 3.05) is 5.32 Å². The smallest absolute Gasteiger partial charge is 0.293 e. The molecule has 2 rings (SSSR count). The van der Waals surface area contributed by atoms with Crippen LogP contribution in [0.5, 0.6) is 0 Å². The molecule has 2 aromatic carbocycles. The lowest BCUT2D eigenvalue weighted by atomic mass is 10.1. The number of rotatable bonds is 4. The highest BCUT2D eigenvalue weighted by molar-refractivity contribution is 14.1. The van der Waals surface area contributed by atoms with Crippen molar-refractivity contribution in [2.24, 2.45) is 0 Å². The third-order valence-corrected chi connectivity index (χ3v) is 3.80. The van der Waals surface area contributed by atoms with Crippen LogP contribution >= 0.6 is 22.6 Å². The first-order chi connectivity index (χ1) is 9.88. The Hall–Kier alpha value is -1.77. The first kappa shape index (κ1) is 15.6. The number of hydrogen-bond donors (Lipinski definition) is 1. The molecule has 1 atom stereocenters. The summed E-state index contributed by atoms with van der Waals surface area (Å²) in [6, 6.07) is 7.69. The van der Waals surface area contributed by atoms with Gasteiger partial charge in [0.2, 0.25) is 0 Å². The molecule has 0 aliphatic heterocycles. The zero-order valence-electron chi connectivity index (χ0n) is 10.9. The summed E-state index contributed by atoms with van der Waals surface area (Å²) in [7, 11) is 0. The van der Waals surface area contributed by atoms with Crippen molar-refractivity contribution < 1.29 is 13.7 Å². The van der Waals surface area contributed by atoms with Crippen LogP contribution in [0, 0.1) is 25.3 Å². The quantitative estimate of drug-likeness (QED) is 0.459. The van der Waals surface area contributed by atoms with Crippen molar-refractivity contribution in [1.29, 1.82) is 0 Å². The molecule has 7 heteroatoms. The Morgan fingerprint density at radius 2 is 1.86 bits per heavy atom. The summed E-state index contributed by atoms with van der Waals surface area (Å²) in [5.41, 5.74) is 0.633. The third-order valence-electron chi connectivity index (χ3n) is 2.98. The molecule has 0 radical (unpaired) electrons. The van der Waals surface area contributed by atoms with Crippen LogP contribution in [0.2, 0.25) is 0 Å². The average Bonchev–Trinajstić information content (AvgIpc) is 2.43. The number of nitrogens with one attached hydrogen (secondary N) is 1. The van der Waals surface area contributed by atoms with Gasteiger partial charge in [0, 0.05) is 18.2 Å². The van der Waals surface area contributed by atoms with Gasteiger partial charge in [-0.15, -0.1) is 0 Å². The van der Waals surface area contributed by atoms with Crippen molar-refractivity contribution in [2.45, 2.75) is 13.0 Å². The number of nitro groups is 1. The molecule has 2 aromatic rings. The van der Waals surface area contributed by atoms with Gasteiger partial charge in [-0.1, -0.05) is 12.1 Å². The van der Waals surface area contributed by atoms with Gasteiger partial charge in [-0.05, 0) is 47.2 Å². The molecule has 21 heavy (non-hydrogen) atoms. The predicted octanol–water partition coefficient (Wildman–Crippen LogP) is 4.65. The van der Waals surface area contributed by atoms with Crippen molar-refractivity contribution >= 4 is 34.0 Å². The minimum absolute atomic E-state index is 0.0924. The molecule has 1 N–H and O–H groups in total. The van der Waals surface area contributed by atoms with Gasteiger partial charge >= 0.3 is 0 Å². The molecule has 0 aliphatic rings. The molecule has 0 bridgehead atoms. The molecular formula is C14H11F2IN2O2. The van der Waals surface area contributed by atoms with E-state index in [0.717, 1.165) is 11.6 Å². The van der Waals surface area contributed by atoms with Gasteiger partial charge in [0.25, 0.3) is 5.69 Å². The van der Waals surface area contributed by atoms with Gasteiger partial charge in [-0.25, -0.2) is 8.78 Å². The minimum Gasteiger partial charge on any atom is -0.373 e. The van der Waals surface area contributed by atoms with Crippen LogP contribution in [0.4, 0.5) is 20.2 Å². The van der Waals surface area contributed by atoms with Crippen LogP contribution in [-0.4, -0.2) is 4.92 Å². The summed E-state index contributed by atoms with van der Waals surface area (Å²) in [5.74, 6) is -0.896. The number of nitro benzene ring substituents is 1. The Labute approximate surface area is 133 Å². The van der Waals surface area contributed by atoms with Crippen LogP contribution in [0.1, 0.15) is 18.5 Å². The van der Waals surface area contributed by atoms with E-state index >= 15 is 0 Å². The van der Waals surface area contributed by atoms with E-state index in [0.29, 0.717) is 0 Å². The molecule has 1 unspecified atom stereocenters. The van der Waals surface area contributed by atoms with Gasteiger partial charge < -0.3 is 5.32 Å². The van der Waals surface area contributed by atoms with E-state index in [4.69, 9.17) is 0 Å². The normalized spacial score (nSPS) is 12.0. The van der Waals surface area contributed by atoms with E-state index in [1.54, 1.807) is 41.6 Å². The molecule has 0 saturated heterocycles. The highest BCUT2D eigenvalue weighted by atomic mass is 127. The van der Waals surface area contributed by atoms with Crippen LogP contribution in [0.3, 0.4) is 0 Å². The molecule has 0 heterocycles. The Balaban J connectivity index is 2.32. The van der Waals surface area contributed by atoms with Crippen molar-refractivity contribution in [3.05, 3.63) is 67.3 Å². The summed E-state index contributed by atoms with van der Waals surface area (Å²) in [5, 5.41) is 13.9. The van der Waals surface area contributed by atoms with Crippen LogP contribution in [-0.2, 0) is 0 Å². The third kappa shape index (κ3) is 3.66. The molecule has 0 fully saturated rings. The maximum absolute atomic E-state index is 13.6. The SMILES string of the molecule is CC(Nc1cc(F)c(I)cc1[N+](=O)[O-])c1ccc(F)cc1. The maximum atomic E-state index is 13.6. The minimum atomic E-state index is -0.568. The lowest BCUT2D eigenvalue weighted by molar-refractivity contribution is -0.384. The zero-order chi connectivity index (χ0) is 15.6. The van der Waals surface area contributed by atoms with Gasteiger partial charge in [0.1, 0.15) is 17.3 Å². The van der Waals surface area contributed by atoms with Crippen LogP contribution in [0.25, 0.3) is 0 Å². The number of nitrogens with zero attached hydrogens (tertiary/aromatic N) is 1. The molecule has 0 amide bonds. The van der Waals surface area contributed by atoms with E-state index in [1.165, 1.54) is 18.2 Å². The largest absolute Gasteiger partial charge is 0.373 e. The maximum Gasteiger partial charge on any atom is 0.293 e. The predicted molar refractivity (Wildman–Crippen MR) is 84.2 cm³/mol. The lowest BCUT2D eigenvalue weighted by Crippen LogP contribution is -2.09. The van der Waals surface area contributed by atoms with Crippen LogP contribution in [0.15, 0.2) is 36.4 Å². The summed E-state index contributed by atoms with van der Waals surface area (Å²) in [4.78, 5) is 10.5. The summed E-state index contributed by atoms with van der Waals surface area (Å²) >= 11 is 1.70. The standard InChI is InChI=1S/C14H11F2IN2O2/c1-8(9-2-4-10(15)5-3-9)18-13-6-11(16)12(17)7-14(13)19(20)21/h2-8,18H,1H3. The Bertz CT molecular complexity index is 677. The fourth-order valence-electron chi connectivity index (χ4n) is 1.87. The molecular weight excluding hydrogens is 393 g/mol. The molecule has 0 aromatic heterocycles. The Kier molecular flexibility index (Phi) is 4.71. The first-order valence-electron chi connectivity index (χ1n) is 6.04. The van der Waals surface area contributed by atoms with E-state index in [-0.39, 0.29) is 26.8 Å². The molecule has 110 valence electrons.